The highest BCUT2D eigenvalue weighted by Gasteiger charge is 2.17. The fourth-order valence-electron chi connectivity index (χ4n) is 4.38. The van der Waals surface area contributed by atoms with E-state index in [4.69, 9.17) is 4.42 Å². The third-order valence-electron chi connectivity index (χ3n) is 6.72. The van der Waals surface area contributed by atoms with E-state index in [0.717, 1.165) is 33.8 Å². The van der Waals surface area contributed by atoms with Gasteiger partial charge in [-0.15, -0.1) is 10.2 Å². The molecule has 0 aliphatic carbocycles. The Kier molecular flexibility index (Phi) is 7.58. The summed E-state index contributed by atoms with van der Waals surface area (Å²) in [6.45, 7) is 12.9. The summed E-state index contributed by atoms with van der Waals surface area (Å²) >= 11 is 0. The molecule has 4 heteroatoms. The maximum absolute atomic E-state index is 6.07. The van der Waals surface area contributed by atoms with Gasteiger partial charge in [-0.3, -0.25) is 0 Å². The van der Waals surface area contributed by atoms with Crippen molar-refractivity contribution in [2.24, 2.45) is 5.92 Å². The molecule has 0 spiro atoms. The van der Waals surface area contributed by atoms with Gasteiger partial charge in [-0.2, -0.15) is 0 Å². The minimum atomic E-state index is 0.0939. The fraction of sp³-hybridized carbons (Fsp3) is 0.222. The van der Waals surface area contributed by atoms with Crippen LogP contribution in [0.15, 0.2) is 101 Å². The summed E-state index contributed by atoms with van der Waals surface area (Å²) in [6, 6.07) is 33.5. The lowest BCUT2D eigenvalue weighted by molar-refractivity contribution is 0.582. The topological polar surface area (TPSA) is 42.2 Å². The maximum atomic E-state index is 6.07. The molecule has 200 valence electrons. The first kappa shape index (κ1) is 27.0. The molecule has 4 aromatic carbocycles. The number of anilines is 3. The van der Waals surface area contributed by atoms with Gasteiger partial charge in [-0.25, -0.2) is 0 Å². The molecule has 1 heterocycles. The van der Waals surface area contributed by atoms with E-state index in [2.05, 4.69) is 141 Å². The number of hydrogen-bond donors (Lipinski definition) is 0. The molecule has 1 aromatic heterocycles. The van der Waals surface area contributed by atoms with Crippen LogP contribution in [0.1, 0.15) is 51.3 Å². The predicted molar refractivity (Wildman–Crippen MR) is 165 cm³/mol. The van der Waals surface area contributed by atoms with Crippen molar-refractivity contribution in [3.63, 3.8) is 0 Å². The van der Waals surface area contributed by atoms with Crippen LogP contribution in [0.25, 0.3) is 22.9 Å². The van der Waals surface area contributed by atoms with Crippen molar-refractivity contribution in [2.45, 2.75) is 47.0 Å². The van der Waals surface area contributed by atoms with E-state index in [1.54, 1.807) is 0 Å². The summed E-state index contributed by atoms with van der Waals surface area (Å²) in [5.74, 6) is 7.84. The van der Waals surface area contributed by atoms with E-state index in [0.29, 0.717) is 17.7 Å². The van der Waals surface area contributed by atoms with Gasteiger partial charge in [0.1, 0.15) is 0 Å². The van der Waals surface area contributed by atoms with Crippen molar-refractivity contribution in [1.29, 1.82) is 0 Å². The molecule has 0 aliphatic rings. The Hall–Kier alpha value is -4.62. The molecule has 40 heavy (non-hydrogen) atoms. The van der Waals surface area contributed by atoms with Crippen molar-refractivity contribution < 1.29 is 4.42 Å². The highest BCUT2D eigenvalue weighted by molar-refractivity contribution is 5.78. The van der Waals surface area contributed by atoms with Gasteiger partial charge in [0.15, 0.2) is 0 Å². The van der Waals surface area contributed by atoms with Gasteiger partial charge in [0.05, 0.1) is 0 Å². The quantitative estimate of drug-likeness (QED) is 0.214. The van der Waals surface area contributed by atoms with Gasteiger partial charge >= 0.3 is 0 Å². The molecule has 4 nitrogen and oxygen atoms in total. The molecule has 0 saturated heterocycles. The SMILES string of the molecule is Cc1ccc(N(c2ccc(C#CC(C)C)cc2)c2ccc(-c3nnc(-c4ccc(C(C)(C)C)cc4)o3)cc2)cc1. The van der Waals surface area contributed by atoms with Gasteiger partial charge in [0, 0.05) is 39.7 Å². The van der Waals surface area contributed by atoms with Crippen molar-refractivity contribution in [1.82, 2.24) is 10.2 Å². The van der Waals surface area contributed by atoms with Gasteiger partial charge in [0.25, 0.3) is 0 Å². The molecule has 0 fully saturated rings. The molecule has 0 aliphatic heterocycles. The second kappa shape index (κ2) is 11.2. The van der Waals surface area contributed by atoms with Crippen LogP contribution in [-0.2, 0) is 5.41 Å². The molecule has 0 unspecified atom stereocenters. The number of nitrogens with zero attached hydrogens (tertiary/aromatic N) is 3. The zero-order chi connectivity index (χ0) is 28.3. The van der Waals surface area contributed by atoms with Gasteiger partial charge in [-0.1, -0.05) is 76.3 Å². The largest absolute Gasteiger partial charge is 0.416 e. The highest BCUT2D eigenvalue weighted by atomic mass is 16.4. The summed E-state index contributed by atoms with van der Waals surface area (Å²) in [7, 11) is 0. The van der Waals surface area contributed by atoms with Gasteiger partial charge < -0.3 is 9.32 Å². The first-order chi connectivity index (χ1) is 19.2. The van der Waals surface area contributed by atoms with Crippen LogP contribution in [0, 0.1) is 24.7 Å². The van der Waals surface area contributed by atoms with Crippen LogP contribution in [-0.4, -0.2) is 10.2 Å². The monoisotopic (exact) mass is 525 g/mol. The minimum absolute atomic E-state index is 0.0939. The van der Waals surface area contributed by atoms with Gasteiger partial charge in [-0.05, 0) is 90.7 Å². The molecule has 0 radical (unpaired) electrons. The van der Waals surface area contributed by atoms with E-state index in [1.807, 2.05) is 24.3 Å². The standard InChI is InChI=1S/C36H35N3O/c1-25(2)7-10-27-11-21-32(22-12-27)39(31-19-8-26(3)9-20-31)33-23-15-29(16-24-33)35-38-37-34(40-35)28-13-17-30(18-14-28)36(4,5)6/h8-9,11-25H,1-6H3. The summed E-state index contributed by atoms with van der Waals surface area (Å²) in [6.07, 6.45) is 0. The fourth-order valence-corrected chi connectivity index (χ4v) is 4.38. The maximum Gasteiger partial charge on any atom is 0.248 e. The van der Waals surface area contributed by atoms with Crippen molar-refractivity contribution in [2.75, 3.05) is 4.90 Å². The minimum Gasteiger partial charge on any atom is -0.416 e. The Morgan fingerprint density at radius 2 is 1.10 bits per heavy atom. The van der Waals surface area contributed by atoms with Crippen LogP contribution in [0.5, 0.6) is 0 Å². The molecule has 0 N–H and O–H groups in total. The Morgan fingerprint density at radius 3 is 1.57 bits per heavy atom. The van der Waals surface area contributed by atoms with Crippen molar-refractivity contribution in [3.05, 3.63) is 114 Å². The molecular weight excluding hydrogens is 490 g/mol. The summed E-state index contributed by atoms with van der Waals surface area (Å²) in [5, 5.41) is 8.64. The summed E-state index contributed by atoms with van der Waals surface area (Å²) < 4.78 is 6.07. The lowest BCUT2D eigenvalue weighted by Gasteiger charge is -2.25. The lowest BCUT2D eigenvalue weighted by Crippen LogP contribution is -2.10. The average Bonchev–Trinajstić information content (AvgIpc) is 3.44. The first-order valence-corrected chi connectivity index (χ1v) is 13.7. The third kappa shape index (κ3) is 6.16. The summed E-state index contributed by atoms with van der Waals surface area (Å²) in [5.41, 5.74) is 8.55. The van der Waals surface area contributed by atoms with Crippen molar-refractivity contribution in [3.8, 4) is 34.7 Å². The zero-order valence-electron chi connectivity index (χ0n) is 24.1. The molecule has 5 aromatic rings. The summed E-state index contributed by atoms with van der Waals surface area (Å²) in [4.78, 5) is 2.24. The van der Waals surface area contributed by atoms with E-state index in [-0.39, 0.29) is 5.41 Å². The molecule has 0 bridgehead atoms. The Balaban J connectivity index is 1.43. The Bertz CT molecular complexity index is 1630. The van der Waals surface area contributed by atoms with E-state index >= 15 is 0 Å². The van der Waals surface area contributed by atoms with Crippen LogP contribution < -0.4 is 4.90 Å². The number of rotatable bonds is 5. The Labute approximate surface area is 237 Å². The first-order valence-electron chi connectivity index (χ1n) is 13.7. The van der Waals surface area contributed by atoms with E-state index < -0.39 is 0 Å². The predicted octanol–water partition coefficient (Wildman–Crippen LogP) is 9.49. The zero-order valence-corrected chi connectivity index (χ0v) is 24.1. The molecular formula is C36H35N3O. The highest BCUT2D eigenvalue weighted by Crippen LogP contribution is 2.36. The van der Waals surface area contributed by atoms with Crippen LogP contribution in [0.3, 0.4) is 0 Å². The number of aromatic nitrogens is 2. The van der Waals surface area contributed by atoms with E-state index in [1.165, 1.54) is 11.1 Å². The molecule has 5 rings (SSSR count). The van der Waals surface area contributed by atoms with Crippen LogP contribution in [0.2, 0.25) is 0 Å². The number of aryl methyl sites for hydroxylation is 1. The van der Waals surface area contributed by atoms with Crippen molar-refractivity contribution >= 4 is 17.1 Å². The van der Waals surface area contributed by atoms with E-state index in [9.17, 15) is 0 Å². The smallest absolute Gasteiger partial charge is 0.248 e. The lowest BCUT2D eigenvalue weighted by atomic mass is 9.87. The normalized spacial score (nSPS) is 11.3. The Morgan fingerprint density at radius 1 is 0.650 bits per heavy atom. The number of hydrogen-bond acceptors (Lipinski definition) is 4. The third-order valence-corrected chi connectivity index (χ3v) is 6.72. The number of benzene rings is 4. The van der Waals surface area contributed by atoms with Crippen LogP contribution >= 0.6 is 0 Å². The molecule has 0 amide bonds. The second-order valence-corrected chi connectivity index (χ2v) is 11.4. The average molecular weight is 526 g/mol. The molecule has 0 saturated carbocycles. The second-order valence-electron chi connectivity index (χ2n) is 11.4. The van der Waals surface area contributed by atoms with Gasteiger partial charge in [0.2, 0.25) is 11.8 Å². The molecule has 0 atom stereocenters. The van der Waals surface area contributed by atoms with Crippen LogP contribution in [0.4, 0.5) is 17.1 Å².